The predicted octanol–water partition coefficient (Wildman–Crippen LogP) is 1.03. The smallest absolute Gasteiger partial charge is 0.338 e. The van der Waals surface area contributed by atoms with E-state index in [0.29, 0.717) is 42.4 Å². The van der Waals surface area contributed by atoms with E-state index < -0.39 is 5.97 Å². The highest BCUT2D eigenvalue weighted by molar-refractivity contribution is 5.93. The van der Waals surface area contributed by atoms with Crippen LogP contribution in [0.25, 0.3) is 0 Å². The molecule has 7 nitrogen and oxygen atoms in total. The number of rotatable bonds is 6. The second-order valence-corrected chi connectivity index (χ2v) is 5.37. The Kier molecular flexibility index (Phi) is 4.35. The van der Waals surface area contributed by atoms with Crippen LogP contribution in [-0.2, 0) is 14.2 Å². The molecule has 0 amide bonds. The van der Waals surface area contributed by atoms with Crippen molar-refractivity contribution in [3.63, 3.8) is 0 Å². The van der Waals surface area contributed by atoms with Gasteiger partial charge in [-0.1, -0.05) is 0 Å². The molecule has 1 aromatic carbocycles. The van der Waals surface area contributed by atoms with Crippen LogP contribution in [0.3, 0.4) is 0 Å². The lowest BCUT2D eigenvalue weighted by Crippen LogP contribution is -2.38. The Hall–Kier alpha value is -1.99. The molecule has 0 saturated carbocycles. The Morgan fingerprint density at radius 1 is 1.45 bits per heavy atom. The Labute approximate surface area is 128 Å². The van der Waals surface area contributed by atoms with Crippen molar-refractivity contribution >= 4 is 17.3 Å². The first-order valence-corrected chi connectivity index (χ1v) is 7.29. The predicted molar refractivity (Wildman–Crippen MR) is 80.3 cm³/mol. The van der Waals surface area contributed by atoms with Crippen molar-refractivity contribution in [3.05, 3.63) is 17.7 Å². The number of esters is 1. The van der Waals surface area contributed by atoms with E-state index in [1.807, 2.05) is 0 Å². The summed E-state index contributed by atoms with van der Waals surface area (Å²) in [4.78, 5) is 11.8. The van der Waals surface area contributed by atoms with Crippen molar-refractivity contribution in [2.45, 2.75) is 18.6 Å². The van der Waals surface area contributed by atoms with Gasteiger partial charge in [-0.2, -0.15) is 0 Å². The maximum absolute atomic E-state index is 11.8. The highest BCUT2D eigenvalue weighted by Gasteiger charge is 2.24. The van der Waals surface area contributed by atoms with E-state index in [1.165, 1.54) is 7.11 Å². The number of benzene rings is 1. The number of hydrogen-bond donors (Lipinski definition) is 2. The number of nitrogens with two attached hydrogens (primary N) is 1. The molecular weight excluding hydrogens is 288 g/mol. The van der Waals surface area contributed by atoms with Crippen molar-refractivity contribution in [3.8, 4) is 5.75 Å². The fraction of sp³-hybridized carbons (Fsp3) is 0.533. The van der Waals surface area contributed by atoms with Crippen molar-refractivity contribution < 1.29 is 23.7 Å². The minimum atomic E-state index is -0.433. The number of nitrogens with one attached hydrogen (secondary N) is 1. The molecule has 22 heavy (non-hydrogen) atoms. The third-order valence-electron chi connectivity index (χ3n) is 3.78. The van der Waals surface area contributed by atoms with Gasteiger partial charge in [-0.05, 0) is 18.6 Å². The highest BCUT2D eigenvalue weighted by atomic mass is 16.6. The molecule has 120 valence electrons. The summed E-state index contributed by atoms with van der Waals surface area (Å²) in [5, 5.41) is 3.21. The summed E-state index contributed by atoms with van der Waals surface area (Å²) in [5.41, 5.74) is 7.66. The molecule has 7 heteroatoms. The van der Waals surface area contributed by atoms with Gasteiger partial charge in [0.2, 0.25) is 0 Å². The van der Waals surface area contributed by atoms with Gasteiger partial charge in [-0.15, -0.1) is 0 Å². The van der Waals surface area contributed by atoms with Crippen molar-refractivity contribution in [2.24, 2.45) is 0 Å². The number of methoxy groups -OCH3 is 1. The van der Waals surface area contributed by atoms with E-state index in [1.54, 1.807) is 12.1 Å². The van der Waals surface area contributed by atoms with Crippen LogP contribution in [0.2, 0.25) is 0 Å². The van der Waals surface area contributed by atoms with Crippen LogP contribution in [0.4, 0.5) is 11.4 Å². The summed E-state index contributed by atoms with van der Waals surface area (Å²) in [6.07, 6.45) is 1.18. The molecule has 2 fully saturated rings. The summed E-state index contributed by atoms with van der Waals surface area (Å²) >= 11 is 0. The van der Waals surface area contributed by atoms with Gasteiger partial charge in [-0.3, -0.25) is 0 Å². The van der Waals surface area contributed by atoms with E-state index in [0.717, 1.165) is 13.0 Å². The van der Waals surface area contributed by atoms with Gasteiger partial charge in [0.25, 0.3) is 0 Å². The Balaban J connectivity index is 1.80. The summed E-state index contributed by atoms with van der Waals surface area (Å²) in [7, 11) is 1.34. The normalized spacial score (nSPS) is 20.7. The zero-order valence-electron chi connectivity index (χ0n) is 12.5. The van der Waals surface area contributed by atoms with Gasteiger partial charge >= 0.3 is 5.97 Å². The van der Waals surface area contributed by atoms with Crippen LogP contribution < -0.4 is 15.8 Å². The van der Waals surface area contributed by atoms with Crippen LogP contribution in [0.5, 0.6) is 5.75 Å². The van der Waals surface area contributed by atoms with E-state index >= 15 is 0 Å². The second-order valence-electron chi connectivity index (χ2n) is 5.37. The Morgan fingerprint density at radius 2 is 2.23 bits per heavy atom. The van der Waals surface area contributed by atoms with Crippen LogP contribution in [0, 0.1) is 0 Å². The van der Waals surface area contributed by atoms with Crippen LogP contribution in [0.1, 0.15) is 16.8 Å². The molecule has 2 aliphatic rings. The quantitative estimate of drug-likeness (QED) is 0.599. The van der Waals surface area contributed by atoms with E-state index in [4.69, 9.17) is 24.7 Å². The number of hydrogen-bond acceptors (Lipinski definition) is 7. The monoisotopic (exact) mass is 308 g/mol. The van der Waals surface area contributed by atoms with Gasteiger partial charge in [0.05, 0.1) is 43.4 Å². The van der Waals surface area contributed by atoms with Crippen LogP contribution >= 0.6 is 0 Å². The SMILES string of the molecule is COC(=O)c1cc(NC[C@@H]2CCO2)c(N)c(OC2COC2)c1. The lowest BCUT2D eigenvalue weighted by atomic mass is 10.1. The van der Waals surface area contributed by atoms with Crippen molar-refractivity contribution in [1.82, 2.24) is 0 Å². The van der Waals surface area contributed by atoms with Crippen molar-refractivity contribution in [1.29, 1.82) is 0 Å². The molecule has 0 bridgehead atoms. The standard InChI is InChI=1S/C15H20N2O5/c1-19-15(18)9-4-12(17-6-10-2-3-21-10)14(16)13(5-9)22-11-7-20-8-11/h4-5,10-11,17H,2-3,6-8,16H2,1H3/t10-/m0/s1. The van der Waals surface area contributed by atoms with E-state index in [9.17, 15) is 4.79 Å². The molecule has 1 aromatic rings. The molecule has 1 atom stereocenters. The number of anilines is 2. The first kappa shape index (κ1) is 14.9. The molecule has 2 heterocycles. The maximum atomic E-state index is 11.8. The molecule has 2 aliphatic heterocycles. The maximum Gasteiger partial charge on any atom is 0.338 e. The summed E-state index contributed by atoms with van der Waals surface area (Å²) in [5.74, 6) is 0.0332. The zero-order chi connectivity index (χ0) is 15.5. The van der Waals surface area contributed by atoms with Crippen molar-refractivity contribution in [2.75, 3.05) is 44.5 Å². The lowest BCUT2D eigenvalue weighted by molar-refractivity contribution is -0.0793. The molecule has 3 N–H and O–H groups in total. The third kappa shape index (κ3) is 3.10. The number of nitrogen functional groups attached to an aromatic ring is 1. The zero-order valence-corrected chi connectivity index (χ0v) is 12.5. The average Bonchev–Trinajstić information content (AvgIpc) is 2.43. The molecule has 0 unspecified atom stereocenters. The minimum Gasteiger partial charge on any atom is -0.483 e. The average molecular weight is 308 g/mol. The Morgan fingerprint density at radius 3 is 2.77 bits per heavy atom. The summed E-state index contributed by atoms with van der Waals surface area (Å²) < 4.78 is 21.0. The lowest BCUT2D eigenvalue weighted by Gasteiger charge is -2.29. The van der Waals surface area contributed by atoms with E-state index in [2.05, 4.69) is 5.32 Å². The highest BCUT2D eigenvalue weighted by Crippen LogP contribution is 2.33. The summed E-state index contributed by atoms with van der Waals surface area (Å²) in [6.45, 7) is 2.49. The molecular formula is C15H20N2O5. The van der Waals surface area contributed by atoms with Gasteiger partial charge in [0.1, 0.15) is 11.9 Å². The molecule has 0 aliphatic carbocycles. The number of carbonyl (C=O) groups is 1. The topological polar surface area (TPSA) is 92.0 Å². The fourth-order valence-corrected chi connectivity index (χ4v) is 2.24. The molecule has 3 rings (SSSR count). The summed E-state index contributed by atoms with van der Waals surface area (Å²) in [6, 6.07) is 3.27. The molecule has 0 aromatic heterocycles. The largest absolute Gasteiger partial charge is 0.483 e. The van der Waals surface area contributed by atoms with Gasteiger partial charge < -0.3 is 30.0 Å². The van der Waals surface area contributed by atoms with Gasteiger partial charge in [0.15, 0.2) is 0 Å². The third-order valence-corrected chi connectivity index (χ3v) is 3.78. The van der Waals surface area contributed by atoms with Gasteiger partial charge in [-0.25, -0.2) is 4.79 Å². The van der Waals surface area contributed by atoms with Crippen LogP contribution in [-0.4, -0.2) is 51.7 Å². The first-order valence-electron chi connectivity index (χ1n) is 7.29. The number of carbonyl (C=O) groups excluding carboxylic acids is 1. The van der Waals surface area contributed by atoms with Crippen LogP contribution in [0.15, 0.2) is 12.1 Å². The van der Waals surface area contributed by atoms with Gasteiger partial charge in [0, 0.05) is 13.2 Å². The fourth-order valence-electron chi connectivity index (χ4n) is 2.24. The van der Waals surface area contributed by atoms with E-state index in [-0.39, 0.29) is 12.2 Å². The second kappa shape index (κ2) is 6.41. The minimum absolute atomic E-state index is 0.0296. The molecule has 0 spiro atoms. The molecule has 2 saturated heterocycles. The Bertz CT molecular complexity index is 555. The molecule has 0 radical (unpaired) electrons. The number of ether oxygens (including phenoxy) is 4. The first-order chi connectivity index (χ1) is 10.7.